The van der Waals surface area contributed by atoms with Gasteiger partial charge in [0.15, 0.2) is 11.6 Å². The Kier molecular flexibility index (Phi) is 2.72. The summed E-state index contributed by atoms with van der Waals surface area (Å²) in [6.45, 7) is 2.53. The number of rotatable bonds is 2. The number of aromatic nitrogens is 1. The SMILES string of the molecule is Fc1cccnc1N[C@@H]1CO[C@]2(CCNC2)C1. The van der Waals surface area contributed by atoms with Gasteiger partial charge in [-0.3, -0.25) is 0 Å². The van der Waals surface area contributed by atoms with Gasteiger partial charge in [0.2, 0.25) is 0 Å². The Bertz CT molecular complexity index is 406. The molecule has 5 heteroatoms. The first-order chi connectivity index (χ1) is 8.27. The van der Waals surface area contributed by atoms with E-state index in [0.717, 1.165) is 25.9 Å². The van der Waals surface area contributed by atoms with E-state index in [0.29, 0.717) is 12.4 Å². The third-order valence-corrected chi connectivity index (χ3v) is 3.51. The fourth-order valence-electron chi connectivity index (χ4n) is 2.64. The van der Waals surface area contributed by atoms with Gasteiger partial charge in [-0.25, -0.2) is 9.37 Å². The van der Waals surface area contributed by atoms with E-state index in [9.17, 15) is 4.39 Å². The molecule has 0 aromatic carbocycles. The highest BCUT2D eigenvalue weighted by Gasteiger charge is 2.42. The van der Waals surface area contributed by atoms with Gasteiger partial charge in [-0.1, -0.05) is 0 Å². The molecule has 3 heterocycles. The Labute approximate surface area is 99.6 Å². The fourth-order valence-corrected chi connectivity index (χ4v) is 2.64. The van der Waals surface area contributed by atoms with Gasteiger partial charge >= 0.3 is 0 Å². The first kappa shape index (κ1) is 10.9. The van der Waals surface area contributed by atoms with Crippen molar-refractivity contribution in [2.45, 2.75) is 24.5 Å². The van der Waals surface area contributed by atoms with Crippen LogP contribution in [0.3, 0.4) is 0 Å². The average molecular weight is 237 g/mol. The number of nitrogens with one attached hydrogen (secondary N) is 2. The lowest BCUT2D eigenvalue weighted by Gasteiger charge is -2.20. The quantitative estimate of drug-likeness (QED) is 0.810. The summed E-state index contributed by atoms with van der Waals surface area (Å²) in [5.41, 5.74) is -0.0388. The van der Waals surface area contributed by atoms with Gasteiger partial charge in [0.25, 0.3) is 0 Å². The largest absolute Gasteiger partial charge is 0.371 e. The van der Waals surface area contributed by atoms with Gasteiger partial charge in [-0.15, -0.1) is 0 Å². The molecule has 1 aromatic heterocycles. The van der Waals surface area contributed by atoms with Crippen LogP contribution in [0.4, 0.5) is 10.2 Å². The number of hydrogen-bond donors (Lipinski definition) is 2. The predicted octanol–water partition coefficient (Wildman–Crippen LogP) is 1.15. The molecule has 4 nitrogen and oxygen atoms in total. The Morgan fingerprint density at radius 2 is 2.53 bits per heavy atom. The second-order valence-corrected chi connectivity index (χ2v) is 4.80. The molecular formula is C12H16FN3O. The second-order valence-electron chi connectivity index (χ2n) is 4.80. The molecule has 92 valence electrons. The maximum atomic E-state index is 13.4. The summed E-state index contributed by atoms with van der Waals surface area (Å²) in [6, 6.07) is 3.16. The summed E-state index contributed by atoms with van der Waals surface area (Å²) in [4.78, 5) is 4.00. The minimum absolute atomic E-state index is 0.0388. The van der Waals surface area contributed by atoms with Crippen LogP contribution in [-0.4, -0.2) is 36.3 Å². The van der Waals surface area contributed by atoms with E-state index in [1.165, 1.54) is 6.07 Å². The Morgan fingerprint density at radius 3 is 3.29 bits per heavy atom. The standard InChI is InChI=1S/C12H16FN3O/c13-10-2-1-4-15-11(10)16-9-6-12(17-7-9)3-5-14-8-12/h1-2,4,9,14H,3,5-8H2,(H,15,16)/t9-,12+/m0/s1. The van der Waals surface area contributed by atoms with Crippen molar-refractivity contribution in [2.24, 2.45) is 0 Å². The predicted molar refractivity (Wildman–Crippen MR) is 62.4 cm³/mol. The van der Waals surface area contributed by atoms with Crippen molar-refractivity contribution in [3.63, 3.8) is 0 Å². The number of anilines is 1. The highest BCUT2D eigenvalue weighted by Crippen LogP contribution is 2.32. The van der Waals surface area contributed by atoms with Crippen molar-refractivity contribution in [1.29, 1.82) is 0 Å². The van der Waals surface area contributed by atoms with Crippen LogP contribution in [-0.2, 0) is 4.74 Å². The number of halogens is 1. The first-order valence-corrected chi connectivity index (χ1v) is 5.99. The second kappa shape index (κ2) is 4.23. The number of hydrogen-bond acceptors (Lipinski definition) is 4. The average Bonchev–Trinajstić information content (AvgIpc) is 2.94. The molecule has 2 aliphatic heterocycles. The molecule has 17 heavy (non-hydrogen) atoms. The highest BCUT2D eigenvalue weighted by molar-refractivity contribution is 5.37. The molecule has 2 fully saturated rings. The van der Waals surface area contributed by atoms with Crippen LogP contribution < -0.4 is 10.6 Å². The van der Waals surface area contributed by atoms with Crippen LogP contribution in [0.5, 0.6) is 0 Å². The lowest BCUT2D eigenvalue weighted by Crippen LogP contribution is -2.31. The van der Waals surface area contributed by atoms with E-state index in [1.807, 2.05) is 0 Å². The molecule has 0 bridgehead atoms. The van der Waals surface area contributed by atoms with Gasteiger partial charge in [-0.05, 0) is 25.1 Å². The summed E-state index contributed by atoms with van der Waals surface area (Å²) < 4.78 is 19.3. The van der Waals surface area contributed by atoms with Crippen LogP contribution >= 0.6 is 0 Å². The van der Waals surface area contributed by atoms with E-state index >= 15 is 0 Å². The van der Waals surface area contributed by atoms with Gasteiger partial charge in [0.1, 0.15) is 0 Å². The molecular weight excluding hydrogens is 221 g/mol. The topological polar surface area (TPSA) is 46.2 Å². The van der Waals surface area contributed by atoms with Crippen LogP contribution in [0.15, 0.2) is 18.3 Å². The zero-order chi connectivity index (χ0) is 11.7. The molecule has 0 aliphatic carbocycles. The minimum atomic E-state index is -0.307. The minimum Gasteiger partial charge on any atom is -0.371 e. The van der Waals surface area contributed by atoms with Crippen LogP contribution in [0.2, 0.25) is 0 Å². The number of ether oxygens (including phenoxy) is 1. The summed E-state index contributed by atoms with van der Waals surface area (Å²) in [5.74, 6) is 0.0158. The molecule has 3 rings (SSSR count). The normalized spacial score (nSPS) is 32.2. The van der Waals surface area contributed by atoms with E-state index < -0.39 is 0 Å². The van der Waals surface area contributed by atoms with Crippen molar-refractivity contribution < 1.29 is 9.13 Å². The Hall–Kier alpha value is -1.20. The zero-order valence-electron chi connectivity index (χ0n) is 9.58. The first-order valence-electron chi connectivity index (χ1n) is 5.99. The maximum absolute atomic E-state index is 13.4. The van der Waals surface area contributed by atoms with Crippen LogP contribution in [0.1, 0.15) is 12.8 Å². The van der Waals surface area contributed by atoms with Crippen molar-refractivity contribution in [3.8, 4) is 0 Å². The molecule has 0 saturated carbocycles. The van der Waals surface area contributed by atoms with Crippen molar-refractivity contribution in [2.75, 3.05) is 25.0 Å². The third-order valence-electron chi connectivity index (χ3n) is 3.51. The van der Waals surface area contributed by atoms with E-state index in [-0.39, 0.29) is 17.5 Å². The number of pyridine rings is 1. The summed E-state index contributed by atoms with van der Waals surface area (Å²) >= 11 is 0. The molecule has 2 saturated heterocycles. The van der Waals surface area contributed by atoms with Gasteiger partial charge < -0.3 is 15.4 Å². The smallest absolute Gasteiger partial charge is 0.165 e. The third kappa shape index (κ3) is 2.12. The van der Waals surface area contributed by atoms with E-state index in [2.05, 4.69) is 15.6 Å². The summed E-state index contributed by atoms with van der Waals surface area (Å²) in [5, 5.41) is 6.43. The summed E-state index contributed by atoms with van der Waals surface area (Å²) in [7, 11) is 0. The lowest BCUT2D eigenvalue weighted by molar-refractivity contribution is 0.0214. The molecule has 2 atom stereocenters. The summed E-state index contributed by atoms with van der Waals surface area (Å²) in [6.07, 6.45) is 3.54. The zero-order valence-corrected chi connectivity index (χ0v) is 9.58. The van der Waals surface area contributed by atoms with Gasteiger partial charge in [-0.2, -0.15) is 0 Å². The monoisotopic (exact) mass is 237 g/mol. The molecule has 1 aromatic rings. The fraction of sp³-hybridized carbons (Fsp3) is 0.583. The molecule has 0 radical (unpaired) electrons. The Morgan fingerprint density at radius 1 is 1.59 bits per heavy atom. The lowest BCUT2D eigenvalue weighted by atomic mass is 9.97. The number of nitrogens with zero attached hydrogens (tertiary/aromatic N) is 1. The van der Waals surface area contributed by atoms with Crippen molar-refractivity contribution >= 4 is 5.82 Å². The van der Waals surface area contributed by atoms with Crippen LogP contribution in [0.25, 0.3) is 0 Å². The molecule has 0 amide bonds. The van der Waals surface area contributed by atoms with Crippen molar-refractivity contribution in [1.82, 2.24) is 10.3 Å². The maximum Gasteiger partial charge on any atom is 0.165 e. The van der Waals surface area contributed by atoms with E-state index in [4.69, 9.17) is 4.74 Å². The van der Waals surface area contributed by atoms with Crippen molar-refractivity contribution in [3.05, 3.63) is 24.1 Å². The highest BCUT2D eigenvalue weighted by atomic mass is 19.1. The van der Waals surface area contributed by atoms with Crippen LogP contribution in [0, 0.1) is 5.82 Å². The van der Waals surface area contributed by atoms with Gasteiger partial charge in [0.05, 0.1) is 18.2 Å². The molecule has 2 aliphatic rings. The molecule has 1 spiro atoms. The van der Waals surface area contributed by atoms with E-state index in [1.54, 1.807) is 12.3 Å². The molecule has 2 N–H and O–H groups in total. The molecule has 0 unspecified atom stereocenters. The van der Waals surface area contributed by atoms with Gasteiger partial charge in [0, 0.05) is 19.2 Å². The Balaban J connectivity index is 1.66.